The molecular formula is C27H25NO7. The standard InChI is InChI=1S/C27H25NO7/c1-11-8-14(29)18-19-16(11)15(30)9-13-17(19)20-21(25(18)33)23(31)12(10-28-4-6-35-7-5-28)24(32)22(20)26(34)27(13,2)3/h8-9,30-31,33-34H,4-7,10H2,1-3H3. The number of hydrogen-bond donors (Lipinski definition) is 4. The van der Waals surface area contributed by atoms with Gasteiger partial charge in [-0.05, 0) is 49.4 Å². The summed E-state index contributed by atoms with van der Waals surface area (Å²) in [6, 6.07) is 2.88. The second kappa shape index (κ2) is 6.96. The Morgan fingerprint density at radius 2 is 1.57 bits per heavy atom. The van der Waals surface area contributed by atoms with Gasteiger partial charge >= 0.3 is 0 Å². The average Bonchev–Trinajstić information content (AvgIpc) is 2.80. The van der Waals surface area contributed by atoms with Crippen LogP contribution in [0.2, 0.25) is 0 Å². The van der Waals surface area contributed by atoms with Gasteiger partial charge < -0.3 is 25.2 Å². The van der Waals surface area contributed by atoms with E-state index in [1.165, 1.54) is 12.1 Å². The minimum atomic E-state index is -1.07. The molecule has 4 N–H and O–H groups in total. The van der Waals surface area contributed by atoms with Crippen molar-refractivity contribution in [2.24, 2.45) is 0 Å². The predicted molar refractivity (Wildman–Crippen MR) is 133 cm³/mol. The van der Waals surface area contributed by atoms with Crippen LogP contribution in [-0.2, 0) is 16.7 Å². The maximum absolute atomic E-state index is 13.8. The molecular weight excluding hydrogens is 450 g/mol. The van der Waals surface area contributed by atoms with Crippen molar-refractivity contribution >= 4 is 38.1 Å². The highest BCUT2D eigenvalue weighted by Crippen LogP contribution is 2.51. The molecule has 1 aliphatic heterocycles. The zero-order chi connectivity index (χ0) is 25.0. The van der Waals surface area contributed by atoms with Crippen molar-refractivity contribution in [1.82, 2.24) is 4.90 Å². The minimum Gasteiger partial charge on any atom is -0.511 e. The van der Waals surface area contributed by atoms with Gasteiger partial charge in [0.15, 0.2) is 10.9 Å². The number of phenolic OH excluding ortho intramolecular Hbond substituents is 3. The first-order valence-electron chi connectivity index (χ1n) is 11.6. The molecule has 0 aromatic heterocycles. The Hall–Kier alpha value is -3.62. The number of nitrogens with zero attached hydrogens (tertiary/aromatic N) is 1. The second-order valence-corrected chi connectivity index (χ2v) is 10.1. The van der Waals surface area contributed by atoms with Gasteiger partial charge in [0.2, 0.25) is 0 Å². The smallest absolute Gasteiger partial charge is 0.198 e. The van der Waals surface area contributed by atoms with Crippen LogP contribution in [-0.4, -0.2) is 51.6 Å². The summed E-state index contributed by atoms with van der Waals surface area (Å²) in [4.78, 5) is 28.9. The molecule has 4 aromatic rings. The first kappa shape index (κ1) is 21.9. The van der Waals surface area contributed by atoms with Crippen LogP contribution in [0.5, 0.6) is 17.2 Å². The van der Waals surface area contributed by atoms with E-state index in [9.17, 15) is 30.0 Å². The second-order valence-electron chi connectivity index (χ2n) is 10.1. The summed E-state index contributed by atoms with van der Waals surface area (Å²) in [6.45, 7) is 7.40. The van der Waals surface area contributed by atoms with Gasteiger partial charge in [0.1, 0.15) is 23.0 Å². The van der Waals surface area contributed by atoms with Crippen LogP contribution >= 0.6 is 0 Å². The average molecular weight is 475 g/mol. The van der Waals surface area contributed by atoms with Gasteiger partial charge in [-0.25, -0.2) is 0 Å². The van der Waals surface area contributed by atoms with Crippen molar-refractivity contribution in [1.29, 1.82) is 0 Å². The van der Waals surface area contributed by atoms with Crippen LogP contribution in [0.4, 0.5) is 0 Å². The molecule has 2 aliphatic rings. The molecule has 1 heterocycles. The number of ether oxygens (including phenoxy) is 1. The number of phenols is 3. The summed E-state index contributed by atoms with van der Waals surface area (Å²) in [6.07, 6.45) is 0. The van der Waals surface area contributed by atoms with Gasteiger partial charge in [0.25, 0.3) is 0 Å². The Bertz CT molecular complexity index is 1770. The fourth-order valence-corrected chi connectivity index (χ4v) is 5.94. The summed E-state index contributed by atoms with van der Waals surface area (Å²) < 4.78 is 5.38. The quantitative estimate of drug-likeness (QED) is 0.257. The number of hydrogen-bond acceptors (Lipinski definition) is 8. The third kappa shape index (κ3) is 2.63. The largest absolute Gasteiger partial charge is 0.511 e. The molecule has 4 aromatic carbocycles. The minimum absolute atomic E-state index is 0.0108. The Kier molecular flexibility index (Phi) is 4.35. The highest BCUT2D eigenvalue weighted by atomic mass is 16.5. The Balaban J connectivity index is 1.92. The van der Waals surface area contributed by atoms with Crippen molar-refractivity contribution < 1.29 is 25.2 Å². The molecule has 0 radical (unpaired) electrons. The highest BCUT2D eigenvalue weighted by molar-refractivity contribution is 6.29. The van der Waals surface area contributed by atoms with Crippen LogP contribution in [0.15, 0.2) is 21.7 Å². The van der Waals surface area contributed by atoms with Crippen molar-refractivity contribution in [2.45, 2.75) is 32.7 Å². The Morgan fingerprint density at radius 1 is 0.886 bits per heavy atom. The maximum Gasteiger partial charge on any atom is 0.198 e. The van der Waals surface area contributed by atoms with Gasteiger partial charge in [0.05, 0.1) is 34.8 Å². The van der Waals surface area contributed by atoms with Gasteiger partial charge in [-0.15, -0.1) is 0 Å². The monoisotopic (exact) mass is 475 g/mol. The molecule has 1 fully saturated rings. The molecule has 0 atom stereocenters. The van der Waals surface area contributed by atoms with Crippen LogP contribution in [0.3, 0.4) is 0 Å². The number of rotatable bonds is 2. The van der Waals surface area contributed by atoms with Crippen LogP contribution in [0.25, 0.3) is 38.1 Å². The summed E-state index contributed by atoms with van der Waals surface area (Å²) in [5.74, 6) is -1.16. The summed E-state index contributed by atoms with van der Waals surface area (Å²) >= 11 is 0. The fourth-order valence-electron chi connectivity index (χ4n) is 5.94. The molecule has 0 unspecified atom stereocenters. The molecule has 0 bridgehead atoms. The van der Waals surface area contributed by atoms with E-state index in [2.05, 4.69) is 0 Å². The van der Waals surface area contributed by atoms with E-state index in [4.69, 9.17) is 4.74 Å². The third-order valence-electron chi connectivity index (χ3n) is 7.78. The summed E-state index contributed by atoms with van der Waals surface area (Å²) in [7, 11) is 0. The van der Waals surface area contributed by atoms with Gasteiger partial charge in [-0.3, -0.25) is 14.5 Å². The first-order valence-corrected chi connectivity index (χ1v) is 11.6. The Morgan fingerprint density at radius 3 is 2.26 bits per heavy atom. The fraction of sp³-hybridized carbons (Fsp3) is 0.333. The van der Waals surface area contributed by atoms with Crippen LogP contribution in [0.1, 0.15) is 30.5 Å². The SMILES string of the molecule is Cc1cc(=O)c2c(O)c3c(O)c(CN4CCOCC4)c(=O)c4c3c3c(cc(O)c1c23)C(C)(C)C=4O. The number of aromatic hydroxyl groups is 3. The van der Waals surface area contributed by atoms with Crippen molar-refractivity contribution in [3.05, 3.63) is 54.5 Å². The van der Waals surface area contributed by atoms with E-state index in [1.54, 1.807) is 20.8 Å². The molecule has 180 valence electrons. The lowest BCUT2D eigenvalue weighted by molar-refractivity contribution is 0.0337. The van der Waals surface area contributed by atoms with Crippen molar-refractivity contribution in [2.75, 3.05) is 26.3 Å². The number of morpholine rings is 1. The molecule has 8 nitrogen and oxygen atoms in total. The first-order chi connectivity index (χ1) is 16.6. The van der Waals surface area contributed by atoms with Gasteiger partial charge in [-0.2, -0.15) is 0 Å². The topological polar surface area (TPSA) is 128 Å². The highest BCUT2D eigenvalue weighted by Gasteiger charge is 2.38. The molecule has 0 amide bonds. The lowest BCUT2D eigenvalue weighted by Crippen LogP contribution is -2.42. The van der Waals surface area contributed by atoms with Gasteiger partial charge in [-0.1, -0.05) is 0 Å². The van der Waals surface area contributed by atoms with E-state index in [0.717, 1.165) is 0 Å². The van der Waals surface area contributed by atoms with Gasteiger partial charge in [0, 0.05) is 41.2 Å². The molecule has 8 heteroatoms. The van der Waals surface area contributed by atoms with E-state index in [0.29, 0.717) is 53.6 Å². The maximum atomic E-state index is 13.8. The van der Waals surface area contributed by atoms with Crippen molar-refractivity contribution in [3.8, 4) is 17.2 Å². The number of aryl methyl sites for hydroxylation is 1. The number of aliphatic hydroxyl groups excluding tert-OH is 1. The van der Waals surface area contributed by atoms with Crippen LogP contribution < -0.4 is 16.1 Å². The lowest BCUT2D eigenvalue weighted by atomic mass is 9.72. The summed E-state index contributed by atoms with van der Waals surface area (Å²) in [5, 5.41) is 46.4. The van der Waals surface area contributed by atoms with Crippen molar-refractivity contribution in [3.63, 3.8) is 0 Å². The zero-order valence-corrected chi connectivity index (χ0v) is 19.7. The Labute approximate surface area is 199 Å². The molecule has 35 heavy (non-hydrogen) atoms. The number of aliphatic hydroxyl groups is 1. The predicted octanol–water partition coefficient (Wildman–Crippen LogP) is 2.24. The summed E-state index contributed by atoms with van der Waals surface area (Å²) in [5.41, 5.74) is -0.961. The molecule has 0 spiro atoms. The van der Waals surface area contributed by atoms with E-state index in [1.807, 2.05) is 4.90 Å². The molecule has 6 rings (SSSR count). The number of benzene rings is 4. The van der Waals surface area contributed by atoms with E-state index < -0.39 is 27.8 Å². The molecule has 1 saturated heterocycles. The van der Waals surface area contributed by atoms with E-state index in [-0.39, 0.29) is 45.0 Å². The molecule has 0 saturated carbocycles. The normalized spacial score (nSPS) is 17.9. The zero-order valence-electron chi connectivity index (χ0n) is 19.7. The van der Waals surface area contributed by atoms with Crippen LogP contribution in [0, 0.1) is 6.92 Å². The molecule has 1 aliphatic carbocycles. The van der Waals surface area contributed by atoms with E-state index >= 15 is 0 Å². The third-order valence-corrected chi connectivity index (χ3v) is 7.78. The lowest BCUT2D eigenvalue weighted by Gasteiger charge is -2.32.